The highest BCUT2D eigenvalue weighted by Crippen LogP contribution is 2.10. The van der Waals surface area contributed by atoms with Crippen molar-refractivity contribution in [1.82, 2.24) is 10.6 Å². The Balaban J connectivity index is 1.82. The molecule has 0 aliphatic heterocycles. The fraction of sp³-hybridized carbons (Fsp3) is 0.263. The van der Waals surface area contributed by atoms with Gasteiger partial charge in [0.2, 0.25) is 0 Å². The lowest BCUT2D eigenvalue weighted by atomic mass is 10.1. The summed E-state index contributed by atoms with van der Waals surface area (Å²) in [5.74, 6) is 0.667. The van der Waals surface area contributed by atoms with Crippen molar-refractivity contribution in [2.75, 3.05) is 19.8 Å². The first kappa shape index (κ1) is 19.5. The topological polar surface area (TPSA) is 94.3 Å². The van der Waals surface area contributed by atoms with Crippen molar-refractivity contribution in [3.8, 4) is 6.07 Å². The highest BCUT2D eigenvalue weighted by atomic mass is 32.2. The van der Waals surface area contributed by atoms with Crippen LogP contribution in [0.4, 0.5) is 0 Å². The second kappa shape index (κ2) is 9.02. The Labute approximate surface area is 154 Å². The summed E-state index contributed by atoms with van der Waals surface area (Å²) in [6.07, 6.45) is 1.94. The lowest BCUT2D eigenvalue weighted by molar-refractivity contribution is 0.602. The molecule has 0 aromatic heterocycles. The lowest BCUT2D eigenvalue weighted by Gasteiger charge is -2.12. The van der Waals surface area contributed by atoms with Crippen molar-refractivity contribution in [3.63, 3.8) is 0 Å². The SMILES string of the molecule is CN=C(NCCc1ccc(S(C)(=O)=O)cc1)NCc1cccc(C#N)c1. The van der Waals surface area contributed by atoms with Gasteiger partial charge in [-0.2, -0.15) is 5.26 Å². The molecule has 26 heavy (non-hydrogen) atoms. The van der Waals surface area contributed by atoms with Crippen LogP contribution in [0.3, 0.4) is 0 Å². The van der Waals surface area contributed by atoms with Gasteiger partial charge in [-0.3, -0.25) is 4.99 Å². The zero-order valence-corrected chi connectivity index (χ0v) is 15.7. The average Bonchev–Trinajstić information content (AvgIpc) is 2.64. The van der Waals surface area contributed by atoms with Gasteiger partial charge in [-0.1, -0.05) is 24.3 Å². The van der Waals surface area contributed by atoms with Crippen LogP contribution in [-0.2, 0) is 22.8 Å². The predicted octanol–water partition coefficient (Wildman–Crippen LogP) is 1.87. The molecule has 0 saturated carbocycles. The first-order chi connectivity index (χ1) is 12.4. The minimum absolute atomic E-state index is 0.325. The van der Waals surface area contributed by atoms with Crippen molar-refractivity contribution in [3.05, 3.63) is 65.2 Å². The second-order valence-corrected chi connectivity index (χ2v) is 7.85. The van der Waals surface area contributed by atoms with Gasteiger partial charge in [0.1, 0.15) is 0 Å². The molecule has 0 unspecified atom stereocenters. The molecular weight excluding hydrogens is 348 g/mol. The summed E-state index contributed by atoms with van der Waals surface area (Å²) in [4.78, 5) is 4.50. The Morgan fingerprint density at radius 1 is 1.12 bits per heavy atom. The van der Waals surface area contributed by atoms with Crippen LogP contribution in [0.5, 0.6) is 0 Å². The number of benzene rings is 2. The summed E-state index contributed by atoms with van der Waals surface area (Å²) < 4.78 is 22.9. The third kappa shape index (κ3) is 5.90. The Morgan fingerprint density at radius 2 is 1.85 bits per heavy atom. The number of nitriles is 1. The van der Waals surface area contributed by atoms with Crippen LogP contribution in [-0.4, -0.2) is 34.2 Å². The maximum Gasteiger partial charge on any atom is 0.191 e. The van der Waals surface area contributed by atoms with Crippen LogP contribution in [0.15, 0.2) is 58.4 Å². The number of aliphatic imine (C=N–C) groups is 1. The average molecular weight is 370 g/mol. The third-order valence-electron chi connectivity index (χ3n) is 3.80. The first-order valence-corrected chi connectivity index (χ1v) is 10.0. The molecule has 2 rings (SSSR count). The second-order valence-electron chi connectivity index (χ2n) is 5.83. The summed E-state index contributed by atoms with van der Waals surface area (Å²) in [5.41, 5.74) is 2.68. The van der Waals surface area contributed by atoms with E-state index in [-0.39, 0.29) is 0 Å². The van der Waals surface area contributed by atoms with Crippen LogP contribution < -0.4 is 10.6 Å². The fourth-order valence-electron chi connectivity index (χ4n) is 2.39. The molecule has 2 aromatic rings. The smallest absolute Gasteiger partial charge is 0.191 e. The lowest BCUT2D eigenvalue weighted by Crippen LogP contribution is -2.37. The van der Waals surface area contributed by atoms with Crippen molar-refractivity contribution in [1.29, 1.82) is 5.26 Å². The molecule has 0 heterocycles. The van der Waals surface area contributed by atoms with Crippen molar-refractivity contribution in [2.24, 2.45) is 4.99 Å². The molecule has 0 radical (unpaired) electrons. The summed E-state index contributed by atoms with van der Waals surface area (Å²) in [6.45, 7) is 1.23. The molecule has 0 aliphatic rings. The fourth-order valence-corrected chi connectivity index (χ4v) is 3.02. The van der Waals surface area contributed by atoms with Gasteiger partial charge in [0, 0.05) is 26.4 Å². The van der Waals surface area contributed by atoms with Crippen LogP contribution in [0.25, 0.3) is 0 Å². The number of hydrogen-bond acceptors (Lipinski definition) is 4. The Kier molecular flexibility index (Phi) is 6.75. The van der Waals surface area contributed by atoms with Gasteiger partial charge in [-0.15, -0.1) is 0 Å². The maximum atomic E-state index is 11.5. The van der Waals surface area contributed by atoms with Gasteiger partial charge in [-0.25, -0.2) is 8.42 Å². The van der Waals surface area contributed by atoms with E-state index in [1.54, 1.807) is 25.2 Å². The van der Waals surface area contributed by atoms with E-state index in [1.165, 1.54) is 6.26 Å². The zero-order chi connectivity index (χ0) is 19.0. The number of guanidine groups is 1. The molecule has 0 bridgehead atoms. The monoisotopic (exact) mass is 370 g/mol. The summed E-state index contributed by atoms with van der Waals surface area (Å²) in [7, 11) is -1.46. The van der Waals surface area contributed by atoms with Crippen molar-refractivity contribution >= 4 is 15.8 Å². The summed E-state index contributed by atoms with van der Waals surface area (Å²) in [5, 5.41) is 15.4. The number of nitrogens with zero attached hydrogens (tertiary/aromatic N) is 2. The minimum atomic E-state index is -3.16. The highest BCUT2D eigenvalue weighted by Gasteiger charge is 2.06. The number of sulfone groups is 1. The molecule has 0 amide bonds. The van der Waals surface area contributed by atoms with Crippen LogP contribution >= 0.6 is 0 Å². The molecule has 0 fully saturated rings. The van der Waals surface area contributed by atoms with Crippen LogP contribution in [0.1, 0.15) is 16.7 Å². The number of rotatable bonds is 6. The first-order valence-electron chi connectivity index (χ1n) is 8.15. The molecule has 7 heteroatoms. The van der Waals surface area contributed by atoms with E-state index < -0.39 is 9.84 Å². The van der Waals surface area contributed by atoms with Gasteiger partial charge < -0.3 is 10.6 Å². The van der Waals surface area contributed by atoms with Gasteiger partial charge >= 0.3 is 0 Å². The predicted molar refractivity (Wildman–Crippen MR) is 103 cm³/mol. The molecule has 0 spiro atoms. The molecule has 0 saturated heterocycles. The van der Waals surface area contributed by atoms with Crippen molar-refractivity contribution < 1.29 is 8.42 Å². The van der Waals surface area contributed by atoms with Crippen LogP contribution in [0.2, 0.25) is 0 Å². The number of nitrogens with one attached hydrogen (secondary N) is 2. The standard InChI is InChI=1S/C19H22N4O2S/c1-21-19(23-14-17-5-3-4-16(12-17)13-20)22-11-10-15-6-8-18(9-7-15)26(2,24)25/h3-9,12H,10-11,14H2,1-2H3,(H2,21,22,23). The maximum absolute atomic E-state index is 11.5. The van der Waals surface area contributed by atoms with E-state index in [0.717, 1.165) is 17.5 Å². The highest BCUT2D eigenvalue weighted by molar-refractivity contribution is 7.90. The minimum Gasteiger partial charge on any atom is -0.356 e. The van der Waals surface area contributed by atoms with Gasteiger partial charge in [0.05, 0.1) is 16.5 Å². The van der Waals surface area contributed by atoms with Crippen molar-refractivity contribution in [2.45, 2.75) is 17.9 Å². The van der Waals surface area contributed by atoms with E-state index in [1.807, 2.05) is 30.3 Å². The van der Waals surface area contributed by atoms with E-state index in [2.05, 4.69) is 21.7 Å². The Morgan fingerprint density at radius 3 is 2.46 bits per heavy atom. The van der Waals surface area contributed by atoms with E-state index in [9.17, 15) is 8.42 Å². The normalized spacial score (nSPS) is 11.7. The summed E-state index contributed by atoms with van der Waals surface area (Å²) >= 11 is 0. The van der Waals surface area contributed by atoms with Gasteiger partial charge in [0.15, 0.2) is 15.8 Å². The molecule has 0 atom stereocenters. The van der Waals surface area contributed by atoms with E-state index in [4.69, 9.17) is 5.26 Å². The number of hydrogen-bond donors (Lipinski definition) is 2. The Hall–Kier alpha value is -2.85. The van der Waals surface area contributed by atoms with Crippen LogP contribution in [0, 0.1) is 11.3 Å². The molecular formula is C19H22N4O2S. The molecule has 2 aromatic carbocycles. The largest absolute Gasteiger partial charge is 0.356 e. The zero-order valence-electron chi connectivity index (χ0n) is 14.9. The molecule has 0 aliphatic carbocycles. The van der Waals surface area contributed by atoms with E-state index in [0.29, 0.717) is 29.5 Å². The molecule has 2 N–H and O–H groups in total. The van der Waals surface area contributed by atoms with Gasteiger partial charge in [0.25, 0.3) is 0 Å². The summed E-state index contributed by atoms with van der Waals surface area (Å²) in [6, 6.07) is 16.4. The third-order valence-corrected chi connectivity index (χ3v) is 4.93. The van der Waals surface area contributed by atoms with E-state index >= 15 is 0 Å². The molecule has 136 valence electrons. The van der Waals surface area contributed by atoms with Gasteiger partial charge in [-0.05, 0) is 41.8 Å². The molecule has 6 nitrogen and oxygen atoms in total. The Bertz CT molecular complexity index is 913. The quantitative estimate of drug-likeness (QED) is 0.598.